The molecule has 106 valence electrons. The monoisotopic (exact) mass is 267 g/mol. The number of carbonyl (C=O) groups is 3. The Morgan fingerprint density at radius 3 is 2.63 bits per heavy atom. The molecule has 1 aliphatic heterocycles. The van der Waals surface area contributed by atoms with Gasteiger partial charge in [-0.1, -0.05) is 6.92 Å². The first kappa shape index (κ1) is 13.8. The Bertz CT molecular complexity index is 400. The van der Waals surface area contributed by atoms with Crippen LogP contribution in [0.1, 0.15) is 39.5 Å². The summed E-state index contributed by atoms with van der Waals surface area (Å²) >= 11 is 0. The van der Waals surface area contributed by atoms with Crippen molar-refractivity contribution in [1.29, 1.82) is 0 Å². The highest BCUT2D eigenvalue weighted by molar-refractivity contribution is 6.08. The molecule has 0 aromatic heterocycles. The van der Waals surface area contributed by atoms with Crippen molar-refractivity contribution in [2.45, 2.75) is 45.1 Å². The number of likely N-dealkylation sites (N-methyl/N-ethyl adjacent to an activating group) is 1. The highest BCUT2D eigenvalue weighted by Gasteiger charge is 2.54. The lowest BCUT2D eigenvalue weighted by Gasteiger charge is -2.39. The van der Waals surface area contributed by atoms with Crippen LogP contribution in [0.5, 0.6) is 0 Å². The minimum atomic E-state index is -0.797. The van der Waals surface area contributed by atoms with E-state index in [1.807, 2.05) is 6.92 Å². The van der Waals surface area contributed by atoms with E-state index in [1.165, 1.54) is 4.90 Å². The smallest absolute Gasteiger partial charge is 0.325 e. The van der Waals surface area contributed by atoms with Gasteiger partial charge in [-0.25, -0.2) is 4.79 Å². The molecular formula is C13H21N3O3. The summed E-state index contributed by atoms with van der Waals surface area (Å²) in [4.78, 5) is 37.1. The fraction of sp³-hybridized carbons (Fsp3) is 0.769. The summed E-state index contributed by atoms with van der Waals surface area (Å²) in [7, 11) is 0. The largest absolute Gasteiger partial charge is 0.355 e. The van der Waals surface area contributed by atoms with Crippen LogP contribution in [-0.2, 0) is 9.59 Å². The SMILES string of the molecule is CCNC(=O)CN1C(=O)NC(=O)C12CCC(C)CC2. The number of carbonyl (C=O) groups excluding carboxylic acids is 3. The third kappa shape index (κ3) is 2.43. The molecule has 2 N–H and O–H groups in total. The maximum Gasteiger partial charge on any atom is 0.325 e. The van der Waals surface area contributed by atoms with Crippen LogP contribution in [0.4, 0.5) is 4.79 Å². The summed E-state index contributed by atoms with van der Waals surface area (Å²) in [6.07, 6.45) is 3.11. The molecule has 0 radical (unpaired) electrons. The number of urea groups is 1. The Kier molecular flexibility index (Phi) is 3.78. The van der Waals surface area contributed by atoms with E-state index >= 15 is 0 Å². The third-order valence-electron chi connectivity index (χ3n) is 4.18. The molecule has 6 heteroatoms. The molecule has 1 aliphatic carbocycles. The van der Waals surface area contributed by atoms with E-state index in [4.69, 9.17) is 0 Å². The van der Waals surface area contributed by atoms with E-state index in [2.05, 4.69) is 17.6 Å². The Hall–Kier alpha value is -1.59. The van der Waals surface area contributed by atoms with E-state index in [-0.39, 0.29) is 18.4 Å². The van der Waals surface area contributed by atoms with Gasteiger partial charge >= 0.3 is 6.03 Å². The maximum atomic E-state index is 12.1. The molecule has 19 heavy (non-hydrogen) atoms. The zero-order valence-electron chi connectivity index (χ0n) is 11.5. The first-order valence-corrected chi connectivity index (χ1v) is 6.89. The number of nitrogens with one attached hydrogen (secondary N) is 2. The van der Waals surface area contributed by atoms with Crippen LogP contribution < -0.4 is 10.6 Å². The second-order valence-electron chi connectivity index (χ2n) is 5.51. The van der Waals surface area contributed by atoms with Gasteiger partial charge in [-0.05, 0) is 38.5 Å². The van der Waals surface area contributed by atoms with E-state index in [1.54, 1.807) is 0 Å². The van der Waals surface area contributed by atoms with Crippen LogP contribution in [0.25, 0.3) is 0 Å². The lowest BCUT2D eigenvalue weighted by molar-refractivity contribution is -0.130. The van der Waals surface area contributed by atoms with Crippen LogP contribution >= 0.6 is 0 Å². The second kappa shape index (κ2) is 5.19. The standard InChI is InChI=1S/C13H21N3O3/c1-3-14-10(17)8-16-12(19)15-11(18)13(16)6-4-9(2)5-7-13/h9H,3-8H2,1-2H3,(H,14,17)(H,15,18,19). The van der Waals surface area contributed by atoms with Gasteiger partial charge in [-0.15, -0.1) is 0 Å². The van der Waals surface area contributed by atoms with Crippen LogP contribution in [-0.4, -0.2) is 41.4 Å². The Morgan fingerprint density at radius 1 is 1.42 bits per heavy atom. The second-order valence-corrected chi connectivity index (χ2v) is 5.51. The molecule has 1 spiro atoms. The Morgan fingerprint density at radius 2 is 2.05 bits per heavy atom. The summed E-state index contributed by atoms with van der Waals surface area (Å²) in [5.41, 5.74) is -0.797. The van der Waals surface area contributed by atoms with Crippen LogP contribution in [0.3, 0.4) is 0 Å². The lowest BCUT2D eigenvalue weighted by atomic mass is 9.76. The van der Waals surface area contributed by atoms with Gasteiger partial charge in [0, 0.05) is 6.54 Å². The van der Waals surface area contributed by atoms with Gasteiger partial charge < -0.3 is 10.2 Å². The highest BCUT2D eigenvalue weighted by Crippen LogP contribution is 2.39. The quantitative estimate of drug-likeness (QED) is 0.736. The molecule has 4 amide bonds. The highest BCUT2D eigenvalue weighted by atomic mass is 16.2. The average Bonchev–Trinajstić information content (AvgIpc) is 2.58. The topological polar surface area (TPSA) is 78.5 Å². The van der Waals surface area contributed by atoms with Crippen molar-refractivity contribution in [2.75, 3.05) is 13.1 Å². The summed E-state index contributed by atoms with van der Waals surface area (Å²) in [6, 6.07) is -0.439. The Balaban J connectivity index is 2.16. The van der Waals surface area contributed by atoms with Crippen molar-refractivity contribution in [1.82, 2.24) is 15.5 Å². The van der Waals surface area contributed by atoms with Gasteiger partial charge in [0.15, 0.2) is 0 Å². The first-order valence-electron chi connectivity index (χ1n) is 6.89. The van der Waals surface area contributed by atoms with Crippen molar-refractivity contribution in [3.63, 3.8) is 0 Å². The molecule has 1 heterocycles. The van der Waals surface area contributed by atoms with E-state index in [0.29, 0.717) is 25.3 Å². The molecule has 1 saturated carbocycles. The van der Waals surface area contributed by atoms with Gasteiger partial charge in [-0.2, -0.15) is 0 Å². The molecule has 0 bridgehead atoms. The number of rotatable bonds is 3. The number of hydrogen-bond acceptors (Lipinski definition) is 3. The Labute approximate surface area is 112 Å². The summed E-state index contributed by atoms with van der Waals surface area (Å²) in [6.45, 7) is 4.45. The molecule has 0 aromatic carbocycles. The van der Waals surface area contributed by atoms with Crippen LogP contribution in [0.15, 0.2) is 0 Å². The fourth-order valence-electron chi connectivity index (χ4n) is 2.95. The van der Waals surface area contributed by atoms with Crippen molar-refractivity contribution in [3.8, 4) is 0 Å². The van der Waals surface area contributed by atoms with Crippen molar-refractivity contribution in [3.05, 3.63) is 0 Å². The zero-order valence-corrected chi connectivity index (χ0v) is 11.5. The van der Waals surface area contributed by atoms with Crippen molar-refractivity contribution >= 4 is 17.8 Å². The normalized spacial score (nSPS) is 30.6. The summed E-state index contributed by atoms with van der Waals surface area (Å²) in [5, 5.41) is 5.02. The summed E-state index contributed by atoms with van der Waals surface area (Å²) < 4.78 is 0. The van der Waals surface area contributed by atoms with Gasteiger partial charge in [0.25, 0.3) is 5.91 Å². The lowest BCUT2D eigenvalue weighted by Crippen LogP contribution is -2.54. The molecule has 0 aromatic rings. The molecule has 2 rings (SSSR count). The van der Waals surface area contributed by atoms with Crippen LogP contribution in [0, 0.1) is 5.92 Å². The van der Waals surface area contributed by atoms with Gasteiger partial charge in [0.1, 0.15) is 12.1 Å². The van der Waals surface area contributed by atoms with Gasteiger partial charge in [-0.3, -0.25) is 14.9 Å². The number of hydrogen-bond donors (Lipinski definition) is 2. The summed E-state index contributed by atoms with van der Waals surface area (Å²) in [5.74, 6) is 0.111. The molecular weight excluding hydrogens is 246 g/mol. The predicted molar refractivity (Wildman–Crippen MR) is 69.3 cm³/mol. The van der Waals surface area contributed by atoms with E-state index in [9.17, 15) is 14.4 Å². The van der Waals surface area contributed by atoms with E-state index in [0.717, 1.165) is 12.8 Å². The molecule has 1 saturated heterocycles. The molecule has 0 atom stereocenters. The number of nitrogens with zero attached hydrogens (tertiary/aromatic N) is 1. The third-order valence-corrected chi connectivity index (χ3v) is 4.18. The fourth-order valence-corrected chi connectivity index (χ4v) is 2.95. The van der Waals surface area contributed by atoms with Crippen LogP contribution in [0.2, 0.25) is 0 Å². The molecule has 2 fully saturated rings. The molecule has 0 unspecified atom stereocenters. The van der Waals surface area contributed by atoms with Crippen molar-refractivity contribution in [2.24, 2.45) is 5.92 Å². The zero-order chi connectivity index (χ0) is 14.0. The molecule has 2 aliphatic rings. The number of amides is 4. The first-order chi connectivity index (χ1) is 8.99. The van der Waals surface area contributed by atoms with E-state index < -0.39 is 11.6 Å². The average molecular weight is 267 g/mol. The maximum absolute atomic E-state index is 12.1. The predicted octanol–water partition coefficient (Wildman–Crippen LogP) is 0.623. The minimum Gasteiger partial charge on any atom is -0.355 e. The number of imide groups is 1. The minimum absolute atomic E-state index is 0.0419. The van der Waals surface area contributed by atoms with Gasteiger partial charge in [0.2, 0.25) is 5.91 Å². The van der Waals surface area contributed by atoms with Gasteiger partial charge in [0.05, 0.1) is 0 Å². The van der Waals surface area contributed by atoms with Crippen molar-refractivity contribution < 1.29 is 14.4 Å². The molecule has 6 nitrogen and oxygen atoms in total.